The zero-order valence-corrected chi connectivity index (χ0v) is 19.4. The van der Waals surface area contributed by atoms with Gasteiger partial charge in [0.15, 0.2) is 5.96 Å². The number of benzene rings is 1. The molecule has 0 spiro atoms. The molecule has 1 N–H and O–H groups in total. The molecule has 0 bridgehead atoms. The summed E-state index contributed by atoms with van der Waals surface area (Å²) in [4.78, 5) is 20.9. The second-order valence-electron chi connectivity index (χ2n) is 7.46. The molecule has 1 unspecified atom stereocenters. The van der Waals surface area contributed by atoms with Crippen molar-refractivity contribution in [1.29, 1.82) is 0 Å². The molecule has 2 aliphatic rings. The van der Waals surface area contributed by atoms with Crippen molar-refractivity contribution in [3.63, 3.8) is 0 Å². The summed E-state index contributed by atoms with van der Waals surface area (Å²) < 4.78 is 5.30. The SMILES string of the molecule is CCNC(=NCc1ccc(CN2CCCC2=O)cc1)N1CCC(COC)C1.I. The second kappa shape index (κ2) is 11.6. The van der Waals surface area contributed by atoms with Crippen molar-refractivity contribution >= 4 is 35.8 Å². The van der Waals surface area contributed by atoms with E-state index >= 15 is 0 Å². The van der Waals surface area contributed by atoms with Crippen LogP contribution < -0.4 is 5.32 Å². The standard InChI is InChI=1S/C21H32N4O2.HI/c1-3-22-21(25-12-10-19(15-25)16-27-2)23-13-17-6-8-18(9-7-17)14-24-11-4-5-20(24)26;/h6-9,19H,3-5,10-16H2,1-2H3,(H,22,23);1H. The van der Waals surface area contributed by atoms with E-state index in [0.717, 1.165) is 58.1 Å². The van der Waals surface area contributed by atoms with Crippen LogP contribution in [0, 0.1) is 5.92 Å². The zero-order valence-electron chi connectivity index (χ0n) is 17.0. The largest absolute Gasteiger partial charge is 0.384 e. The van der Waals surface area contributed by atoms with E-state index in [1.165, 1.54) is 11.1 Å². The maximum absolute atomic E-state index is 11.8. The van der Waals surface area contributed by atoms with E-state index in [0.29, 0.717) is 18.9 Å². The molecule has 0 aromatic heterocycles. The van der Waals surface area contributed by atoms with Crippen molar-refractivity contribution in [1.82, 2.24) is 15.1 Å². The van der Waals surface area contributed by atoms with Crippen LogP contribution in [0.2, 0.25) is 0 Å². The van der Waals surface area contributed by atoms with Gasteiger partial charge in [-0.3, -0.25) is 4.79 Å². The van der Waals surface area contributed by atoms with Gasteiger partial charge < -0.3 is 19.9 Å². The molecule has 2 heterocycles. The molecule has 2 fully saturated rings. The summed E-state index contributed by atoms with van der Waals surface area (Å²) in [6.45, 7) is 8.09. The number of guanidine groups is 1. The Labute approximate surface area is 185 Å². The highest BCUT2D eigenvalue weighted by atomic mass is 127. The van der Waals surface area contributed by atoms with Gasteiger partial charge in [-0.05, 0) is 30.9 Å². The van der Waals surface area contributed by atoms with E-state index in [1.807, 2.05) is 4.90 Å². The quantitative estimate of drug-likeness (QED) is 0.356. The van der Waals surface area contributed by atoms with E-state index < -0.39 is 0 Å². The van der Waals surface area contributed by atoms with Gasteiger partial charge in [-0.25, -0.2) is 4.99 Å². The van der Waals surface area contributed by atoms with Gasteiger partial charge in [0, 0.05) is 52.2 Å². The molecule has 0 aliphatic carbocycles. The zero-order chi connectivity index (χ0) is 19.1. The normalized spacial score (nSPS) is 19.9. The summed E-state index contributed by atoms with van der Waals surface area (Å²) in [7, 11) is 1.77. The van der Waals surface area contributed by atoms with E-state index in [-0.39, 0.29) is 29.9 Å². The monoisotopic (exact) mass is 500 g/mol. The number of rotatable bonds is 7. The summed E-state index contributed by atoms with van der Waals surface area (Å²) in [6.07, 6.45) is 2.84. The van der Waals surface area contributed by atoms with Gasteiger partial charge in [0.2, 0.25) is 5.91 Å². The molecule has 6 nitrogen and oxygen atoms in total. The predicted molar refractivity (Wildman–Crippen MR) is 123 cm³/mol. The fourth-order valence-corrected chi connectivity index (χ4v) is 3.83. The number of amides is 1. The van der Waals surface area contributed by atoms with Crippen molar-refractivity contribution in [3.8, 4) is 0 Å². The Morgan fingerprint density at radius 1 is 1.25 bits per heavy atom. The van der Waals surface area contributed by atoms with Crippen LogP contribution in [0.25, 0.3) is 0 Å². The van der Waals surface area contributed by atoms with Gasteiger partial charge in [0.1, 0.15) is 0 Å². The van der Waals surface area contributed by atoms with Crippen molar-refractivity contribution < 1.29 is 9.53 Å². The lowest BCUT2D eigenvalue weighted by molar-refractivity contribution is -0.128. The third-order valence-corrected chi connectivity index (χ3v) is 5.30. The molecule has 1 aromatic carbocycles. The summed E-state index contributed by atoms with van der Waals surface area (Å²) in [5.74, 6) is 1.85. The molecule has 2 aliphatic heterocycles. The molecule has 0 radical (unpaired) electrons. The Kier molecular flexibility index (Phi) is 9.50. The lowest BCUT2D eigenvalue weighted by Gasteiger charge is -2.21. The van der Waals surface area contributed by atoms with Gasteiger partial charge in [-0.15, -0.1) is 24.0 Å². The number of halogens is 1. The first kappa shape index (κ1) is 22.9. The highest BCUT2D eigenvalue weighted by Crippen LogP contribution is 2.17. The summed E-state index contributed by atoms with van der Waals surface area (Å²) in [6, 6.07) is 8.49. The van der Waals surface area contributed by atoms with Crippen LogP contribution in [0.3, 0.4) is 0 Å². The molecule has 156 valence electrons. The Balaban J connectivity index is 0.00000280. The number of nitrogens with zero attached hydrogens (tertiary/aromatic N) is 3. The van der Waals surface area contributed by atoms with Gasteiger partial charge in [0.25, 0.3) is 0 Å². The minimum absolute atomic E-state index is 0. The van der Waals surface area contributed by atoms with Crippen LogP contribution in [0.5, 0.6) is 0 Å². The molecule has 1 amide bonds. The fraction of sp³-hybridized carbons (Fsp3) is 0.619. The first-order valence-corrected chi connectivity index (χ1v) is 10.1. The van der Waals surface area contributed by atoms with Crippen LogP contribution in [-0.2, 0) is 22.6 Å². The number of nitrogens with one attached hydrogen (secondary N) is 1. The van der Waals surface area contributed by atoms with E-state index in [1.54, 1.807) is 7.11 Å². The maximum Gasteiger partial charge on any atom is 0.222 e. The Bertz CT molecular complexity index is 650. The van der Waals surface area contributed by atoms with Crippen LogP contribution in [0.4, 0.5) is 0 Å². The number of carbonyl (C=O) groups is 1. The number of hydrogen-bond donors (Lipinski definition) is 1. The smallest absolute Gasteiger partial charge is 0.222 e. The predicted octanol–water partition coefficient (Wildman–Crippen LogP) is 2.86. The lowest BCUT2D eigenvalue weighted by Crippen LogP contribution is -2.40. The van der Waals surface area contributed by atoms with Gasteiger partial charge in [0.05, 0.1) is 13.2 Å². The Hall–Kier alpha value is -1.35. The first-order valence-electron chi connectivity index (χ1n) is 10.1. The third kappa shape index (κ3) is 6.34. The molecule has 7 heteroatoms. The average Bonchev–Trinajstić information content (AvgIpc) is 3.30. The number of hydrogen-bond acceptors (Lipinski definition) is 3. The van der Waals surface area contributed by atoms with Crippen molar-refractivity contribution in [3.05, 3.63) is 35.4 Å². The van der Waals surface area contributed by atoms with Crippen molar-refractivity contribution in [2.75, 3.05) is 39.9 Å². The highest BCUT2D eigenvalue weighted by molar-refractivity contribution is 14.0. The van der Waals surface area contributed by atoms with Crippen molar-refractivity contribution in [2.24, 2.45) is 10.9 Å². The number of ether oxygens (including phenoxy) is 1. The number of methoxy groups -OCH3 is 1. The summed E-state index contributed by atoms with van der Waals surface area (Å²) >= 11 is 0. The minimum atomic E-state index is 0. The number of aliphatic imine (C=N–C) groups is 1. The molecular formula is C21H33IN4O2. The second-order valence-corrected chi connectivity index (χ2v) is 7.46. The topological polar surface area (TPSA) is 57.2 Å². The molecule has 1 aromatic rings. The number of likely N-dealkylation sites (tertiary alicyclic amines) is 2. The summed E-state index contributed by atoms with van der Waals surface area (Å²) in [5, 5.41) is 3.41. The molecular weight excluding hydrogens is 467 g/mol. The Morgan fingerprint density at radius 3 is 2.64 bits per heavy atom. The first-order chi connectivity index (χ1) is 13.2. The van der Waals surface area contributed by atoms with E-state index in [2.05, 4.69) is 41.4 Å². The lowest BCUT2D eigenvalue weighted by atomic mass is 10.1. The van der Waals surface area contributed by atoms with E-state index in [9.17, 15) is 4.79 Å². The van der Waals surface area contributed by atoms with E-state index in [4.69, 9.17) is 9.73 Å². The molecule has 2 saturated heterocycles. The minimum Gasteiger partial charge on any atom is -0.384 e. The van der Waals surface area contributed by atoms with Gasteiger partial charge in [-0.2, -0.15) is 0 Å². The van der Waals surface area contributed by atoms with Gasteiger partial charge >= 0.3 is 0 Å². The van der Waals surface area contributed by atoms with Crippen molar-refractivity contribution in [2.45, 2.75) is 39.3 Å². The Morgan fingerprint density at radius 2 is 2.00 bits per heavy atom. The van der Waals surface area contributed by atoms with Gasteiger partial charge in [-0.1, -0.05) is 24.3 Å². The number of carbonyl (C=O) groups excluding carboxylic acids is 1. The average molecular weight is 500 g/mol. The third-order valence-electron chi connectivity index (χ3n) is 5.30. The summed E-state index contributed by atoms with van der Waals surface area (Å²) in [5.41, 5.74) is 2.38. The highest BCUT2D eigenvalue weighted by Gasteiger charge is 2.24. The maximum atomic E-state index is 11.8. The molecule has 1 atom stereocenters. The van der Waals surface area contributed by atoms with Crippen LogP contribution in [0.1, 0.15) is 37.3 Å². The molecule has 0 saturated carbocycles. The van der Waals surface area contributed by atoms with Crippen LogP contribution in [-0.4, -0.2) is 61.6 Å². The molecule has 3 rings (SSSR count). The fourth-order valence-electron chi connectivity index (χ4n) is 3.83. The van der Waals surface area contributed by atoms with Crippen LogP contribution in [0.15, 0.2) is 29.3 Å². The molecule has 28 heavy (non-hydrogen) atoms. The van der Waals surface area contributed by atoms with Crippen LogP contribution >= 0.6 is 24.0 Å².